The van der Waals surface area contributed by atoms with Crippen molar-refractivity contribution in [2.45, 2.75) is 20.0 Å². The Kier molecular flexibility index (Phi) is 7.76. The van der Waals surface area contributed by atoms with Gasteiger partial charge < -0.3 is 19.5 Å². The Balaban J connectivity index is 1.83. The number of para-hydroxylation sites is 1. The molecule has 27 heavy (non-hydrogen) atoms. The molecule has 0 unspecified atom stereocenters. The van der Waals surface area contributed by atoms with Crippen LogP contribution >= 0.6 is 23.2 Å². The van der Waals surface area contributed by atoms with Crippen LogP contribution in [-0.2, 0) is 14.3 Å². The molecule has 0 saturated carbocycles. The molecule has 8 heteroatoms. The van der Waals surface area contributed by atoms with E-state index in [0.29, 0.717) is 18.1 Å². The molecule has 1 amide bonds. The van der Waals surface area contributed by atoms with Crippen LogP contribution in [0.1, 0.15) is 13.8 Å². The van der Waals surface area contributed by atoms with E-state index in [2.05, 4.69) is 5.32 Å². The van der Waals surface area contributed by atoms with Crippen LogP contribution in [0.3, 0.4) is 0 Å². The van der Waals surface area contributed by atoms with E-state index in [1.165, 1.54) is 6.92 Å². The molecule has 0 spiro atoms. The van der Waals surface area contributed by atoms with Gasteiger partial charge in [0.25, 0.3) is 5.91 Å². The number of hydrogen-bond donors (Lipinski definition) is 1. The molecule has 0 heterocycles. The van der Waals surface area contributed by atoms with Crippen molar-refractivity contribution in [3.8, 4) is 11.5 Å². The van der Waals surface area contributed by atoms with E-state index < -0.39 is 18.0 Å². The van der Waals surface area contributed by atoms with E-state index in [1.54, 1.807) is 42.5 Å². The lowest BCUT2D eigenvalue weighted by atomic mass is 10.3. The number of amides is 1. The Bertz CT molecular complexity index is 775. The minimum Gasteiger partial charge on any atom is -0.494 e. The van der Waals surface area contributed by atoms with Crippen LogP contribution in [0.2, 0.25) is 10.0 Å². The lowest BCUT2D eigenvalue weighted by molar-refractivity contribution is -0.155. The van der Waals surface area contributed by atoms with E-state index in [4.69, 9.17) is 37.4 Å². The number of hydrogen-bond acceptors (Lipinski definition) is 5. The highest BCUT2D eigenvalue weighted by molar-refractivity contribution is 6.39. The van der Waals surface area contributed by atoms with Gasteiger partial charge >= 0.3 is 5.97 Å². The normalized spacial score (nSPS) is 11.4. The van der Waals surface area contributed by atoms with Gasteiger partial charge in [0.1, 0.15) is 11.5 Å². The molecular formula is C19H19Cl2NO5. The summed E-state index contributed by atoms with van der Waals surface area (Å²) in [6.07, 6.45) is -1.05. The molecule has 6 nitrogen and oxygen atoms in total. The van der Waals surface area contributed by atoms with Gasteiger partial charge in [0.2, 0.25) is 0 Å². The third-order valence-corrected chi connectivity index (χ3v) is 4.01. The van der Waals surface area contributed by atoms with Crippen LogP contribution in [0.15, 0.2) is 42.5 Å². The molecule has 0 radical (unpaired) electrons. The molecule has 0 aromatic heterocycles. The zero-order valence-electron chi connectivity index (χ0n) is 14.8. The lowest BCUT2D eigenvalue weighted by Crippen LogP contribution is -2.31. The number of nitrogens with one attached hydrogen (secondary N) is 1. The smallest absolute Gasteiger partial charge is 0.344 e. The highest BCUT2D eigenvalue weighted by Gasteiger charge is 2.20. The van der Waals surface area contributed by atoms with Gasteiger partial charge in [-0.2, -0.15) is 0 Å². The summed E-state index contributed by atoms with van der Waals surface area (Å²) in [4.78, 5) is 24.0. The topological polar surface area (TPSA) is 73.9 Å². The SMILES string of the molecule is CCOc1ccc(OCC(=O)O[C@@H](C)C(=O)Nc2c(Cl)cccc2Cl)cc1. The first-order valence-corrected chi connectivity index (χ1v) is 8.96. The quantitative estimate of drug-likeness (QED) is 0.653. The van der Waals surface area contributed by atoms with Gasteiger partial charge in [-0.15, -0.1) is 0 Å². The number of benzene rings is 2. The molecule has 1 N–H and O–H groups in total. The van der Waals surface area contributed by atoms with E-state index in [9.17, 15) is 9.59 Å². The van der Waals surface area contributed by atoms with Crippen molar-refractivity contribution in [1.82, 2.24) is 0 Å². The number of ether oxygens (including phenoxy) is 3. The minimum absolute atomic E-state index is 0.263. The Hall–Kier alpha value is -2.44. The maximum absolute atomic E-state index is 12.2. The molecule has 0 saturated heterocycles. The molecule has 0 aliphatic rings. The van der Waals surface area contributed by atoms with Crippen LogP contribution in [0, 0.1) is 0 Å². The standard InChI is InChI=1S/C19H19Cl2NO5/c1-3-25-13-7-9-14(10-8-13)26-11-17(23)27-12(2)19(24)22-18-15(20)5-4-6-16(18)21/h4-10,12H,3,11H2,1-2H3,(H,22,24)/t12-/m0/s1. The maximum Gasteiger partial charge on any atom is 0.344 e. The molecule has 2 aromatic rings. The Morgan fingerprint density at radius 1 is 1.00 bits per heavy atom. The number of esters is 1. The van der Waals surface area contributed by atoms with E-state index in [-0.39, 0.29) is 22.3 Å². The summed E-state index contributed by atoms with van der Waals surface area (Å²) >= 11 is 12.0. The summed E-state index contributed by atoms with van der Waals surface area (Å²) in [6, 6.07) is 11.6. The van der Waals surface area contributed by atoms with Crippen LogP contribution in [0.4, 0.5) is 5.69 Å². The molecule has 2 rings (SSSR count). The first-order valence-electron chi connectivity index (χ1n) is 8.20. The van der Waals surface area contributed by atoms with Crippen molar-refractivity contribution in [3.05, 3.63) is 52.5 Å². The summed E-state index contributed by atoms with van der Waals surface area (Å²) < 4.78 is 15.7. The Morgan fingerprint density at radius 2 is 1.56 bits per heavy atom. The number of anilines is 1. The molecule has 1 atom stereocenters. The van der Waals surface area contributed by atoms with Crippen molar-refractivity contribution < 1.29 is 23.8 Å². The Labute approximate surface area is 167 Å². The van der Waals surface area contributed by atoms with Crippen LogP contribution in [-0.4, -0.2) is 31.2 Å². The highest BCUT2D eigenvalue weighted by Crippen LogP contribution is 2.29. The third kappa shape index (κ3) is 6.34. The fourth-order valence-corrected chi connectivity index (χ4v) is 2.56. The van der Waals surface area contributed by atoms with Crippen LogP contribution in [0.5, 0.6) is 11.5 Å². The lowest BCUT2D eigenvalue weighted by Gasteiger charge is -2.15. The molecule has 0 aliphatic heterocycles. The van der Waals surface area contributed by atoms with E-state index in [1.807, 2.05) is 6.92 Å². The summed E-state index contributed by atoms with van der Waals surface area (Å²) in [5.74, 6) is -0.0532. The number of carbonyl (C=O) groups excluding carboxylic acids is 2. The van der Waals surface area contributed by atoms with Gasteiger partial charge in [-0.25, -0.2) is 4.79 Å². The average molecular weight is 412 g/mol. The number of carbonyl (C=O) groups is 2. The second kappa shape index (κ2) is 10.0. The second-order valence-electron chi connectivity index (χ2n) is 5.41. The van der Waals surface area contributed by atoms with Crippen molar-refractivity contribution in [2.24, 2.45) is 0 Å². The summed E-state index contributed by atoms with van der Waals surface area (Å²) in [5.41, 5.74) is 0.263. The summed E-state index contributed by atoms with van der Waals surface area (Å²) in [6.45, 7) is 3.55. The molecular weight excluding hydrogens is 393 g/mol. The largest absolute Gasteiger partial charge is 0.494 e. The van der Waals surface area contributed by atoms with Gasteiger partial charge in [-0.3, -0.25) is 4.79 Å². The van der Waals surface area contributed by atoms with E-state index >= 15 is 0 Å². The van der Waals surface area contributed by atoms with Gasteiger partial charge in [-0.1, -0.05) is 29.3 Å². The monoisotopic (exact) mass is 411 g/mol. The Morgan fingerprint density at radius 3 is 2.11 bits per heavy atom. The first kappa shape index (κ1) is 20.9. The molecule has 2 aromatic carbocycles. The van der Waals surface area contributed by atoms with E-state index in [0.717, 1.165) is 0 Å². The third-order valence-electron chi connectivity index (χ3n) is 3.38. The number of rotatable bonds is 8. The number of halogens is 2. The van der Waals surface area contributed by atoms with Crippen molar-refractivity contribution in [2.75, 3.05) is 18.5 Å². The van der Waals surface area contributed by atoms with Crippen molar-refractivity contribution in [3.63, 3.8) is 0 Å². The zero-order valence-corrected chi connectivity index (χ0v) is 16.3. The fraction of sp³-hybridized carbons (Fsp3) is 0.263. The molecule has 0 aliphatic carbocycles. The van der Waals surface area contributed by atoms with Gasteiger partial charge in [0.05, 0.1) is 22.3 Å². The van der Waals surface area contributed by atoms with Crippen LogP contribution in [0.25, 0.3) is 0 Å². The van der Waals surface area contributed by atoms with Gasteiger partial charge in [-0.05, 0) is 50.2 Å². The summed E-state index contributed by atoms with van der Waals surface area (Å²) in [7, 11) is 0. The predicted molar refractivity (Wildman–Crippen MR) is 104 cm³/mol. The summed E-state index contributed by atoms with van der Waals surface area (Å²) in [5, 5.41) is 3.11. The molecule has 0 fully saturated rings. The predicted octanol–water partition coefficient (Wildman–Crippen LogP) is 4.34. The molecule has 0 bridgehead atoms. The fourth-order valence-electron chi connectivity index (χ4n) is 2.07. The maximum atomic E-state index is 12.2. The second-order valence-corrected chi connectivity index (χ2v) is 6.23. The van der Waals surface area contributed by atoms with Gasteiger partial charge in [0, 0.05) is 0 Å². The van der Waals surface area contributed by atoms with Gasteiger partial charge in [0.15, 0.2) is 12.7 Å². The zero-order chi connectivity index (χ0) is 19.8. The minimum atomic E-state index is -1.05. The van der Waals surface area contributed by atoms with Crippen molar-refractivity contribution >= 4 is 40.8 Å². The highest BCUT2D eigenvalue weighted by atomic mass is 35.5. The first-order chi connectivity index (χ1) is 12.9. The van der Waals surface area contributed by atoms with Crippen LogP contribution < -0.4 is 14.8 Å². The average Bonchev–Trinajstić information content (AvgIpc) is 2.64. The molecule has 144 valence electrons. The van der Waals surface area contributed by atoms with Crippen molar-refractivity contribution in [1.29, 1.82) is 0 Å².